The van der Waals surface area contributed by atoms with Gasteiger partial charge in [-0.15, -0.1) is 0 Å². The van der Waals surface area contributed by atoms with Crippen molar-refractivity contribution in [2.24, 2.45) is 0 Å². The van der Waals surface area contributed by atoms with Crippen molar-refractivity contribution in [3.8, 4) is 0 Å². The zero-order valence-corrected chi connectivity index (χ0v) is 11.4. The molecule has 1 heterocycles. The summed E-state index contributed by atoms with van der Waals surface area (Å²) in [6.45, 7) is 10.1. The van der Waals surface area contributed by atoms with Gasteiger partial charge in [-0.2, -0.15) is 0 Å². The standard InChI is InChI=1S/C11H24P2/c1-11(2)12(3)9-7-5-6-8-10-13(11)4/h5-10H2,1-4H3. The lowest BCUT2D eigenvalue weighted by atomic mass is 10.2. The molecule has 2 unspecified atom stereocenters. The van der Waals surface area contributed by atoms with Crippen molar-refractivity contribution in [2.45, 2.75) is 44.4 Å². The molecule has 2 heteroatoms. The summed E-state index contributed by atoms with van der Waals surface area (Å²) in [5.74, 6) is 0. The summed E-state index contributed by atoms with van der Waals surface area (Å²) in [7, 11) is 0.588. The first-order chi connectivity index (χ1) is 6.05. The molecular weight excluding hydrogens is 194 g/mol. The van der Waals surface area contributed by atoms with Crippen LogP contribution in [-0.2, 0) is 0 Å². The van der Waals surface area contributed by atoms with E-state index in [9.17, 15) is 0 Å². The van der Waals surface area contributed by atoms with Gasteiger partial charge in [0.15, 0.2) is 0 Å². The predicted octanol–water partition coefficient (Wildman–Crippen LogP) is 4.52. The van der Waals surface area contributed by atoms with Crippen molar-refractivity contribution < 1.29 is 0 Å². The molecule has 0 aromatic heterocycles. The fraction of sp³-hybridized carbons (Fsp3) is 1.00. The molecule has 2 atom stereocenters. The van der Waals surface area contributed by atoms with Gasteiger partial charge in [0, 0.05) is 4.90 Å². The second-order valence-corrected chi connectivity index (χ2v) is 11.0. The van der Waals surface area contributed by atoms with Crippen LogP contribution in [0.25, 0.3) is 0 Å². The highest BCUT2D eigenvalue weighted by Crippen LogP contribution is 2.64. The van der Waals surface area contributed by atoms with Gasteiger partial charge in [-0.05, 0) is 38.5 Å². The molecular formula is C11H24P2. The van der Waals surface area contributed by atoms with Crippen LogP contribution in [0.4, 0.5) is 0 Å². The summed E-state index contributed by atoms with van der Waals surface area (Å²) in [4.78, 5) is 0.689. The maximum Gasteiger partial charge on any atom is 0.00447 e. The molecule has 0 amide bonds. The van der Waals surface area contributed by atoms with Crippen molar-refractivity contribution in [2.75, 3.05) is 25.7 Å². The average Bonchev–Trinajstić information content (AvgIpc) is 2.12. The normalized spacial score (nSPS) is 36.0. The van der Waals surface area contributed by atoms with E-state index in [0.717, 1.165) is 0 Å². The van der Waals surface area contributed by atoms with Gasteiger partial charge in [0.05, 0.1) is 0 Å². The lowest BCUT2D eigenvalue weighted by molar-refractivity contribution is 0.710. The fourth-order valence-corrected chi connectivity index (χ4v) is 7.31. The summed E-state index contributed by atoms with van der Waals surface area (Å²) < 4.78 is 0. The summed E-state index contributed by atoms with van der Waals surface area (Å²) in [5, 5.41) is 0. The summed E-state index contributed by atoms with van der Waals surface area (Å²) >= 11 is 0. The highest BCUT2D eigenvalue weighted by atomic mass is 31.2. The Morgan fingerprint density at radius 3 is 1.54 bits per heavy atom. The van der Waals surface area contributed by atoms with E-state index in [2.05, 4.69) is 27.2 Å². The fourth-order valence-electron chi connectivity index (χ4n) is 1.89. The van der Waals surface area contributed by atoms with Crippen LogP contribution in [-0.4, -0.2) is 30.6 Å². The number of hydrogen-bond donors (Lipinski definition) is 0. The van der Waals surface area contributed by atoms with Crippen LogP contribution in [0.15, 0.2) is 0 Å². The Morgan fingerprint density at radius 2 is 1.15 bits per heavy atom. The van der Waals surface area contributed by atoms with Crippen molar-refractivity contribution >= 4 is 15.8 Å². The minimum atomic E-state index is 0.294. The maximum atomic E-state index is 2.53. The molecule has 1 aliphatic heterocycles. The van der Waals surface area contributed by atoms with Gasteiger partial charge in [-0.1, -0.05) is 42.5 Å². The van der Waals surface area contributed by atoms with E-state index in [-0.39, 0.29) is 0 Å². The Hall–Kier alpha value is 0.860. The molecule has 0 aromatic carbocycles. The van der Waals surface area contributed by atoms with Gasteiger partial charge in [0.2, 0.25) is 0 Å². The van der Waals surface area contributed by atoms with Crippen molar-refractivity contribution in [3.05, 3.63) is 0 Å². The first-order valence-corrected chi connectivity index (χ1v) is 9.42. The number of rotatable bonds is 0. The second kappa shape index (κ2) is 5.09. The third-order valence-electron chi connectivity index (χ3n) is 3.61. The van der Waals surface area contributed by atoms with Crippen LogP contribution in [0.1, 0.15) is 39.5 Å². The molecule has 1 fully saturated rings. The SMILES string of the molecule is CP1CCCCCCP(C)C1(C)C. The molecule has 0 aromatic rings. The Morgan fingerprint density at radius 1 is 0.769 bits per heavy atom. The topological polar surface area (TPSA) is 0 Å². The molecule has 0 radical (unpaired) electrons. The molecule has 13 heavy (non-hydrogen) atoms. The third-order valence-corrected chi connectivity index (χ3v) is 11.4. The van der Waals surface area contributed by atoms with E-state index < -0.39 is 0 Å². The zero-order valence-electron chi connectivity index (χ0n) is 9.64. The van der Waals surface area contributed by atoms with Gasteiger partial charge < -0.3 is 0 Å². The molecule has 0 bridgehead atoms. The first-order valence-electron chi connectivity index (χ1n) is 5.47. The van der Waals surface area contributed by atoms with E-state index in [1.165, 1.54) is 38.0 Å². The van der Waals surface area contributed by atoms with Crippen molar-refractivity contribution in [1.82, 2.24) is 0 Å². The second-order valence-electron chi connectivity index (χ2n) is 4.75. The molecule has 0 aliphatic carbocycles. The van der Waals surface area contributed by atoms with Gasteiger partial charge in [0.25, 0.3) is 0 Å². The maximum absolute atomic E-state index is 2.53. The van der Waals surface area contributed by atoms with Crippen LogP contribution >= 0.6 is 15.8 Å². The monoisotopic (exact) mass is 218 g/mol. The lowest BCUT2D eigenvalue weighted by Crippen LogP contribution is -2.16. The quantitative estimate of drug-likeness (QED) is 0.524. The molecule has 78 valence electrons. The zero-order chi connectivity index (χ0) is 9.90. The van der Waals surface area contributed by atoms with E-state index in [0.29, 0.717) is 20.7 Å². The van der Waals surface area contributed by atoms with Gasteiger partial charge in [0.1, 0.15) is 0 Å². The highest BCUT2D eigenvalue weighted by molar-refractivity contribution is 7.76. The average molecular weight is 218 g/mol. The highest BCUT2D eigenvalue weighted by Gasteiger charge is 2.31. The van der Waals surface area contributed by atoms with E-state index >= 15 is 0 Å². The van der Waals surface area contributed by atoms with Crippen LogP contribution in [0.3, 0.4) is 0 Å². The molecule has 1 aliphatic rings. The molecule has 0 spiro atoms. The smallest absolute Gasteiger partial charge is 0.00447 e. The number of hydrogen-bond acceptors (Lipinski definition) is 0. The Bertz CT molecular complexity index is 138. The van der Waals surface area contributed by atoms with E-state index in [1.807, 2.05) is 0 Å². The first kappa shape index (κ1) is 11.9. The van der Waals surface area contributed by atoms with Gasteiger partial charge in [-0.25, -0.2) is 0 Å². The van der Waals surface area contributed by atoms with Crippen LogP contribution in [0, 0.1) is 0 Å². The van der Waals surface area contributed by atoms with Gasteiger partial charge >= 0.3 is 0 Å². The largest absolute Gasteiger partial charge is 0.0997 e. The Balaban J connectivity index is 2.63. The molecule has 1 saturated heterocycles. The van der Waals surface area contributed by atoms with Gasteiger partial charge in [-0.3, -0.25) is 0 Å². The molecule has 0 N–H and O–H groups in total. The Kier molecular flexibility index (Phi) is 4.67. The van der Waals surface area contributed by atoms with E-state index in [1.54, 1.807) is 0 Å². The third kappa shape index (κ3) is 3.17. The summed E-state index contributed by atoms with van der Waals surface area (Å²) in [5.41, 5.74) is 0. The van der Waals surface area contributed by atoms with Crippen molar-refractivity contribution in [3.63, 3.8) is 0 Å². The lowest BCUT2D eigenvalue weighted by Gasteiger charge is -2.38. The minimum Gasteiger partial charge on any atom is -0.0997 e. The summed E-state index contributed by atoms with van der Waals surface area (Å²) in [6, 6.07) is 0. The molecule has 0 saturated carbocycles. The van der Waals surface area contributed by atoms with Crippen LogP contribution in [0.2, 0.25) is 0 Å². The summed E-state index contributed by atoms with van der Waals surface area (Å²) in [6.07, 6.45) is 9.02. The predicted molar refractivity (Wildman–Crippen MR) is 68.0 cm³/mol. The van der Waals surface area contributed by atoms with Crippen LogP contribution < -0.4 is 0 Å². The van der Waals surface area contributed by atoms with Crippen LogP contribution in [0.5, 0.6) is 0 Å². The Labute approximate surface area is 86.4 Å². The molecule has 1 rings (SSSR count). The molecule has 0 nitrogen and oxygen atoms in total. The van der Waals surface area contributed by atoms with Crippen molar-refractivity contribution in [1.29, 1.82) is 0 Å². The minimum absolute atomic E-state index is 0.294. The van der Waals surface area contributed by atoms with E-state index in [4.69, 9.17) is 0 Å².